The molecule has 3 nitrogen and oxygen atoms in total. The number of hydrogen-bond acceptors (Lipinski definition) is 1. The number of unbranched alkanes of at least 4 members (excludes halogenated alkanes) is 9. The Morgan fingerprint density at radius 1 is 0.750 bits per heavy atom. The van der Waals surface area contributed by atoms with Crippen LogP contribution in [0, 0.1) is 0 Å². The van der Waals surface area contributed by atoms with Crippen LogP contribution in [0.5, 0.6) is 0 Å². The molecule has 0 radical (unpaired) electrons. The van der Waals surface area contributed by atoms with Gasteiger partial charge < -0.3 is 5.11 Å². The average Bonchev–Trinajstić information content (AvgIpc) is 2.71. The molecule has 0 aliphatic rings. The van der Waals surface area contributed by atoms with Crippen molar-refractivity contribution < 1.29 is 14.5 Å². The standard InChI is InChI=1S/C25H35NO2/c1-2-3-4-5-6-7-8-9-10-11-12-22-13-15-23(16-14-22)21-26-19-17-24(18-20-26)25(27)28/h13-20H,2-12,21H2,1H3/p+1. The maximum absolute atomic E-state index is 10.9. The molecule has 1 aromatic carbocycles. The highest BCUT2D eigenvalue weighted by Crippen LogP contribution is 2.13. The lowest BCUT2D eigenvalue weighted by Gasteiger charge is -2.04. The highest BCUT2D eigenvalue weighted by molar-refractivity contribution is 5.87. The Hall–Kier alpha value is -2.16. The monoisotopic (exact) mass is 382 g/mol. The van der Waals surface area contributed by atoms with Gasteiger partial charge in [-0.1, -0.05) is 89.0 Å². The van der Waals surface area contributed by atoms with E-state index in [0.29, 0.717) is 5.56 Å². The predicted molar refractivity (Wildman–Crippen MR) is 115 cm³/mol. The quantitative estimate of drug-likeness (QED) is 0.313. The van der Waals surface area contributed by atoms with Crippen molar-refractivity contribution in [1.82, 2.24) is 0 Å². The van der Waals surface area contributed by atoms with Gasteiger partial charge in [-0.2, -0.15) is 0 Å². The van der Waals surface area contributed by atoms with Crippen LogP contribution in [0.2, 0.25) is 0 Å². The number of pyridine rings is 1. The number of nitrogens with zero attached hydrogens (tertiary/aromatic N) is 1. The maximum atomic E-state index is 10.9. The van der Waals surface area contributed by atoms with Crippen molar-refractivity contribution in [3.05, 3.63) is 65.5 Å². The Bertz CT molecular complexity index is 677. The molecule has 1 N–H and O–H groups in total. The zero-order valence-corrected chi connectivity index (χ0v) is 17.4. The summed E-state index contributed by atoms with van der Waals surface area (Å²) in [6.45, 7) is 3.03. The van der Waals surface area contributed by atoms with E-state index >= 15 is 0 Å². The highest BCUT2D eigenvalue weighted by Gasteiger charge is 2.07. The lowest BCUT2D eigenvalue weighted by Crippen LogP contribution is -2.33. The molecule has 1 heterocycles. The summed E-state index contributed by atoms with van der Waals surface area (Å²) in [4.78, 5) is 10.9. The van der Waals surface area contributed by atoms with E-state index in [4.69, 9.17) is 5.11 Å². The molecular weight excluding hydrogens is 346 g/mol. The van der Waals surface area contributed by atoms with E-state index in [1.165, 1.54) is 75.3 Å². The van der Waals surface area contributed by atoms with Crippen molar-refractivity contribution in [3.8, 4) is 0 Å². The number of carboxylic acid groups (broad SMARTS) is 1. The van der Waals surface area contributed by atoms with Crippen LogP contribution in [0.4, 0.5) is 0 Å². The first-order chi connectivity index (χ1) is 13.7. The van der Waals surface area contributed by atoms with E-state index < -0.39 is 5.97 Å². The minimum atomic E-state index is -0.886. The van der Waals surface area contributed by atoms with Gasteiger partial charge in [0.25, 0.3) is 0 Å². The van der Waals surface area contributed by atoms with Crippen LogP contribution in [-0.2, 0) is 13.0 Å². The maximum Gasteiger partial charge on any atom is 0.336 e. The van der Waals surface area contributed by atoms with Crippen LogP contribution in [0.25, 0.3) is 0 Å². The highest BCUT2D eigenvalue weighted by atomic mass is 16.4. The van der Waals surface area contributed by atoms with Gasteiger partial charge in [-0.15, -0.1) is 0 Å². The number of benzene rings is 1. The van der Waals surface area contributed by atoms with Gasteiger partial charge in [0, 0.05) is 17.7 Å². The molecule has 0 aliphatic heterocycles. The fourth-order valence-electron chi connectivity index (χ4n) is 3.54. The van der Waals surface area contributed by atoms with Gasteiger partial charge in [-0.25, -0.2) is 9.36 Å². The second-order valence-corrected chi connectivity index (χ2v) is 7.81. The van der Waals surface area contributed by atoms with Gasteiger partial charge in [0.1, 0.15) is 0 Å². The third-order valence-electron chi connectivity index (χ3n) is 5.35. The fraction of sp³-hybridized carbons (Fsp3) is 0.520. The summed E-state index contributed by atoms with van der Waals surface area (Å²) in [7, 11) is 0. The summed E-state index contributed by atoms with van der Waals surface area (Å²) in [6.07, 6.45) is 18.6. The Labute approximate surface area is 170 Å². The van der Waals surface area contributed by atoms with E-state index in [9.17, 15) is 4.79 Å². The molecule has 2 rings (SSSR count). The zero-order valence-electron chi connectivity index (χ0n) is 17.4. The van der Waals surface area contributed by atoms with Gasteiger partial charge in [0.2, 0.25) is 0 Å². The van der Waals surface area contributed by atoms with Crippen molar-refractivity contribution in [2.45, 2.75) is 84.1 Å². The molecule has 0 atom stereocenters. The number of carboxylic acids is 1. The first-order valence-electron chi connectivity index (χ1n) is 11.0. The van der Waals surface area contributed by atoms with Crippen molar-refractivity contribution >= 4 is 5.97 Å². The van der Waals surface area contributed by atoms with E-state index in [1.807, 2.05) is 17.0 Å². The smallest absolute Gasteiger partial charge is 0.336 e. The van der Waals surface area contributed by atoms with Crippen LogP contribution in [0.1, 0.15) is 92.6 Å². The summed E-state index contributed by atoms with van der Waals surface area (Å²) in [6, 6.07) is 12.1. The molecule has 3 heteroatoms. The largest absolute Gasteiger partial charge is 0.478 e. The minimum Gasteiger partial charge on any atom is -0.478 e. The zero-order chi connectivity index (χ0) is 20.0. The van der Waals surface area contributed by atoms with E-state index in [-0.39, 0.29) is 0 Å². The van der Waals surface area contributed by atoms with Crippen LogP contribution < -0.4 is 4.57 Å². The molecule has 0 spiro atoms. The molecule has 152 valence electrons. The lowest BCUT2D eigenvalue weighted by atomic mass is 10.0. The third-order valence-corrected chi connectivity index (χ3v) is 5.35. The molecule has 0 aliphatic carbocycles. The number of rotatable bonds is 14. The predicted octanol–water partition coefficient (Wildman–Crippen LogP) is 6.18. The molecule has 0 bridgehead atoms. The summed E-state index contributed by atoms with van der Waals surface area (Å²) >= 11 is 0. The SMILES string of the molecule is CCCCCCCCCCCCc1ccc(C[n+]2ccc(C(=O)O)cc2)cc1. The first-order valence-corrected chi connectivity index (χ1v) is 11.0. The van der Waals surface area contributed by atoms with Crippen molar-refractivity contribution in [1.29, 1.82) is 0 Å². The molecule has 2 aromatic rings. The second kappa shape index (κ2) is 13.1. The van der Waals surface area contributed by atoms with E-state index in [0.717, 1.165) is 13.0 Å². The minimum absolute atomic E-state index is 0.322. The van der Waals surface area contributed by atoms with Crippen molar-refractivity contribution in [2.24, 2.45) is 0 Å². The average molecular weight is 383 g/mol. The van der Waals surface area contributed by atoms with Gasteiger partial charge >= 0.3 is 5.97 Å². The molecule has 0 unspecified atom stereocenters. The molecule has 1 aromatic heterocycles. The Kier molecular flexibility index (Phi) is 10.3. The van der Waals surface area contributed by atoms with E-state index in [2.05, 4.69) is 31.2 Å². The molecule has 0 saturated heterocycles. The third kappa shape index (κ3) is 8.69. The molecule has 0 saturated carbocycles. The van der Waals surface area contributed by atoms with Crippen LogP contribution in [-0.4, -0.2) is 11.1 Å². The molecule has 28 heavy (non-hydrogen) atoms. The Balaban J connectivity index is 1.60. The van der Waals surface area contributed by atoms with Crippen molar-refractivity contribution in [2.75, 3.05) is 0 Å². The fourth-order valence-corrected chi connectivity index (χ4v) is 3.54. The number of aromatic nitrogens is 1. The van der Waals surface area contributed by atoms with E-state index in [1.54, 1.807) is 12.1 Å². The number of carbonyl (C=O) groups is 1. The normalized spacial score (nSPS) is 10.9. The Morgan fingerprint density at radius 2 is 1.25 bits per heavy atom. The topological polar surface area (TPSA) is 41.2 Å². The second-order valence-electron chi connectivity index (χ2n) is 7.81. The first kappa shape index (κ1) is 22.1. The van der Waals surface area contributed by atoms with Gasteiger partial charge in [0.05, 0.1) is 5.56 Å². The summed E-state index contributed by atoms with van der Waals surface area (Å²) < 4.78 is 2.00. The van der Waals surface area contributed by atoms with Crippen LogP contribution in [0.15, 0.2) is 48.8 Å². The molecule has 0 amide bonds. The summed E-state index contributed by atoms with van der Waals surface area (Å²) in [5.41, 5.74) is 2.97. The Morgan fingerprint density at radius 3 is 1.79 bits per heavy atom. The summed E-state index contributed by atoms with van der Waals surface area (Å²) in [5.74, 6) is -0.886. The lowest BCUT2D eigenvalue weighted by molar-refractivity contribution is -0.688. The van der Waals surface area contributed by atoms with Crippen molar-refractivity contribution in [3.63, 3.8) is 0 Å². The van der Waals surface area contributed by atoms with Gasteiger partial charge in [-0.3, -0.25) is 0 Å². The van der Waals surface area contributed by atoms with Crippen LogP contribution in [0.3, 0.4) is 0 Å². The van der Waals surface area contributed by atoms with Gasteiger partial charge in [-0.05, 0) is 18.4 Å². The number of hydrogen-bond donors (Lipinski definition) is 1. The molecule has 0 fully saturated rings. The van der Waals surface area contributed by atoms with Gasteiger partial charge in [0.15, 0.2) is 18.9 Å². The summed E-state index contributed by atoms with van der Waals surface area (Å²) in [5, 5.41) is 8.96. The number of aromatic carboxylic acids is 1. The number of aryl methyl sites for hydroxylation is 1. The molecular formula is C25H36NO2+. The van der Waals surface area contributed by atoms with Crippen LogP contribution >= 0.6 is 0 Å².